The molecule has 1 aliphatic rings. The van der Waals surface area contributed by atoms with Crippen molar-refractivity contribution in [2.24, 2.45) is 0 Å². The number of ether oxygens (including phenoxy) is 1. The van der Waals surface area contributed by atoms with Crippen LogP contribution in [0.3, 0.4) is 0 Å². The standard InChI is InChI=1S/C16H15Cl2NO3S/c1-2-11-10-19(15-5-3-4-6-16(15)22-11)23(20,21)12-7-8-13(17)14(18)9-12/h3-9,11H,2,10H2,1H3. The molecule has 1 aliphatic heterocycles. The molecule has 1 atom stereocenters. The Labute approximate surface area is 145 Å². The van der Waals surface area contributed by atoms with Crippen LogP contribution in [0.4, 0.5) is 5.69 Å². The summed E-state index contributed by atoms with van der Waals surface area (Å²) in [6.45, 7) is 2.22. The first-order valence-corrected chi connectivity index (χ1v) is 9.36. The maximum Gasteiger partial charge on any atom is 0.264 e. The number of hydrogen-bond donors (Lipinski definition) is 0. The number of hydrogen-bond acceptors (Lipinski definition) is 3. The molecular formula is C16H15Cl2NO3S. The van der Waals surface area contributed by atoms with Crippen molar-refractivity contribution < 1.29 is 13.2 Å². The van der Waals surface area contributed by atoms with Gasteiger partial charge < -0.3 is 4.74 Å². The lowest BCUT2D eigenvalue weighted by atomic mass is 10.2. The van der Waals surface area contributed by atoms with Crippen LogP contribution in [-0.2, 0) is 10.0 Å². The molecular weight excluding hydrogens is 357 g/mol. The van der Waals surface area contributed by atoms with Gasteiger partial charge in [0, 0.05) is 0 Å². The van der Waals surface area contributed by atoms with E-state index >= 15 is 0 Å². The van der Waals surface area contributed by atoms with E-state index in [9.17, 15) is 8.42 Å². The van der Waals surface area contributed by atoms with Gasteiger partial charge in [-0.05, 0) is 36.8 Å². The summed E-state index contributed by atoms with van der Waals surface area (Å²) in [6, 6.07) is 11.4. The lowest BCUT2D eigenvalue weighted by Gasteiger charge is -2.35. The van der Waals surface area contributed by atoms with E-state index in [2.05, 4.69) is 0 Å². The monoisotopic (exact) mass is 371 g/mol. The van der Waals surface area contributed by atoms with Gasteiger partial charge in [-0.3, -0.25) is 4.31 Å². The topological polar surface area (TPSA) is 46.6 Å². The number of para-hydroxylation sites is 2. The molecule has 0 amide bonds. The van der Waals surface area contributed by atoms with E-state index in [1.165, 1.54) is 22.5 Å². The van der Waals surface area contributed by atoms with Gasteiger partial charge >= 0.3 is 0 Å². The third-order valence-corrected chi connectivity index (χ3v) is 6.25. The molecule has 0 aromatic heterocycles. The molecule has 0 N–H and O–H groups in total. The van der Waals surface area contributed by atoms with Crippen molar-refractivity contribution in [1.29, 1.82) is 0 Å². The Morgan fingerprint density at radius 1 is 1.17 bits per heavy atom. The molecule has 2 aromatic rings. The molecule has 4 nitrogen and oxygen atoms in total. The highest BCUT2D eigenvalue weighted by molar-refractivity contribution is 7.92. The van der Waals surface area contributed by atoms with Gasteiger partial charge in [-0.2, -0.15) is 0 Å². The smallest absolute Gasteiger partial charge is 0.264 e. The summed E-state index contributed by atoms with van der Waals surface area (Å²) in [5, 5.41) is 0.528. The summed E-state index contributed by atoms with van der Waals surface area (Å²) < 4.78 is 33.3. The van der Waals surface area contributed by atoms with E-state index in [1.54, 1.807) is 18.2 Å². The minimum absolute atomic E-state index is 0.110. The van der Waals surface area contributed by atoms with Crippen molar-refractivity contribution in [3.05, 3.63) is 52.5 Å². The third kappa shape index (κ3) is 3.01. The number of halogens is 2. The zero-order valence-electron chi connectivity index (χ0n) is 12.4. The number of anilines is 1. The van der Waals surface area contributed by atoms with E-state index in [1.807, 2.05) is 13.0 Å². The fourth-order valence-electron chi connectivity index (χ4n) is 2.47. The second kappa shape index (κ2) is 6.23. The molecule has 122 valence electrons. The van der Waals surface area contributed by atoms with Gasteiger partial charge in [-0.1, -0.05) is 42.3 Å². The van der Waals surface area contributed by atoms with Crippen LogP contribution in [0.2, 0.25) is 10.0 Å². The van der Waals surface area contributed by atoms with E-state index in [-0.39, 0.29) is 22.6 Å². The van der Waals surface area contributed by atoms with Crippen molar-refractivity contribution in [2.75, 3.05) is 10.8 Å². The van der Waals surface area contributed by atoms with Crippen molar-refractivity contribution in [3.63, 3.8) is 0 Å². The second-order valence-corrected chi connectivity index (χ2v) is 7.90. The maximum atomic E-state index is 13.0. The van der Waals surface area contributed by atoms with E-state index in [0.29, 0.717) is 22.9 Å². The van der Waals surface area contributed by atoms with Gasteiger partial charge in [0.2, 0.25) is 0 Å². The molecule has 0 saturated heterocycles. The highest BCUT2D eigenvalue weighted by Crippen LogP contribution is 2.38. The Morgan fingerprint density at radius 3 is 2.61 bits per heavy atom. The van der Waals surface area contributed by atoms with Crippen molar-refractivity contribution in [3.8, 4) is 5.75 Å². The molecule has 0 aliphatic carbocycles. The Morgan fingerprint density at radius 2 is 1.91 bits per heavy atom. The largest absolute Gasteiger partial charge is 0.486 e. The maximum absolute atomic E-state index is 13.0. The average molecular weight is 372 g/mol. The van der Waals surface area contributed by atoms with Gasteiger partial charge in [0.25, 0.3) is 10.0 Å². The van der Waals surface area contributed by atoms with Crippen LogP contribution in [0.25, 0.3) is 0 Å². The summed E-state index contributed by atoms with van der Waals surface area (Å²) in [5.74, 6) is 0.564. The zero-order chi connectivity index (χ0) is 16.6. The lowest BCUT2D eigenvalue weighted by Crippen LogP contribution is -2.43. The first-order valence-electron chi connectivity index (χ1n) is 7.17. The lowest BCUT2D eigenvalue weighted by molar-refractivity contribution is 0.196. The molecule has 2 aromatic carbocycles. The van der Waals surface area contributed by atoms with E-state index < -0.39 is 10.0 Å². The minimum Gasteiger partial charge on any atom is -0.486 e. The quantitative estimate of drug-likeness (QED) is 0.804. The molecule has 23 heavy (non-hydrogen) atoms. The molecule has 3 rings (SSSR count). The predicted octanol–water partition coefficient (Wildman–Crippen LogP) is 4.36. The second-order valence-electron chi connectivity index (χ2n) is 5.23. The Kier molecular flexibility index (Phi) is 4.45. The van der Waals surface area contributed by atoms with Crippen LogP contribution in [-0.4, -0.2) is 21.1 Å². The van der Waals surface area contributed by atoms with Crippen LogP contribution in [0.5, 0.6) is 5.75 Å². The SMILES string of the molecule is CCC1CN(S(=O)(=O)c2ccc(Cl)c(Cl)c2)c2ccccc2O1. The molecule has 0 radical (unpaired) electrons. The summed E-state index contributed by atoms with van der Waals surface area (Å²) in [5.41, 5.74) is 0.531. The van der Waals surface area contributed by atoms with Crippen LogP contribution in [0.1, 0.15) is 13.3 Å². The predicted molar refractivity (Wildman–Crippen MR) is 92.1 cm³/mol. The number of nitrogens with zero attached hydrogens (tertiary/aromatic N) is 1. The number of benzene rings is 2. The van der Waals surface area contributed by atoms with Crippen molar-refractivity contribution in [1.82, 2.24) is 0 Å². The number of sulfonamides is 1. The fourth-order valence-corrected chi connectivity index (χ4v) is 4.36. The van der Waals surface area contributed by atoms with Crippen LogP contribution >= 0.6 is 23.2 Å². The number of fused-ring (bicyclic) bond motifs is 1. The van der Waals surface area contributed by atoms with Crippen LogP contribution in [0, 0.1) is 0 Å². The normalized spacial score (nSPS) is 17.5. The molecule has 0 spiro atoms. The minimum atomic E-state index is -3.75. The van der Waals surface area contributed by atoms with Crippen molar-refractivity contribution >= 4 is 38.9 Å². The van der Waals surface area contributed by atoms with Gasteiger partial charge in [0.1, 0.15) is 11.9 Å². The molecule has 0 saturated carbocycles. The zero-order valence-corrected chi connectivity index (χ0v) is 14.7. The van der Waals surface area contributed by atoms with Gasteiger partial charge in [-0.15, -0.1) is 0 Å². The molecule has 1 heterocycles. The molecule has 7 heteroatoms. The van der Waals surface area contributed by atoms with Crippen LogP contribution in [0.15, 0.2) is 47.4 Å². The van der Waals surface area contributed by atoms with Gasteiger partial charge in [0.05, 0.1) is 27.2 Å². The molecule has 0 fully saturated rings. The first kappa shape index (κ1) is 16.4. The molecule has 1 unspecified atom stereocenters. The number of rotatable bonds is 3. The first-order chi connectivity index (χ1) is 10.9. The molecule has 0 bridgehead atoms. The van der Waals surface area contributed by atoms with Crippen LogP contribution < -0.4 is 9.04 Å². The van der Waals surface area contributed by atoms with E-state index in [0.717, 1.165) is 0 Å². The summed E-state index contributed by atoms with van der Waals surface area (Å²) in [7, 11) is -3.75. The Balaban J connectivity index is 2.10. The average Bonchev–Trinajstić information content (AvgIpc) is 2.56. The van der Waals surface area contributed by atoms with Gasteiger partial charge in [-0.25, -0.2) is 8.42 Å². The fraction of sp³-hybridized carbons (Fsp3) is 0.250. The van der Waals surface area contributed by atoms with Gasteiger partial charge in [0.15, 0.2) is 0 Å². The highest BCUT2D eigenvalue weighted by atomic mass is 35.5. The Bertz CT molecular complexity index is 839. The third-order valence-electron chi connectivity index (χ3n) is 3.73. The summed E-state index contributed by atoms with van der Waals surface area (Å²) >= 11 is 11.9. The van der Waals surface area contributed by atoms with Crippen molar-refractivity contribution in [2.45, 2.75) is 24.3 Å². The highest BCUT2D eigenvalue weighted by Gasteiger charge is 2.33. The Hall–Kier alpha value is -1.43. The summed E-state index contributed by atoms with van der Waals surface area (Å²) in [4.78, 5) is 0.110. The summed E-state index contributed by atoms with van der Waals surface area (Å²) in [6.07, 6.45) is 0.518. The van der Waals surface area contributed by atoms with E-state index in [4.69, 9.17) is 27.9 Å².